The van der Waals surface area contributed by atoms with Crippen LogP contribution in [0.5, 0.6) is 0 Å². The molecule has 3 aromatic carbocycles. The third-order valence-corrected chi connectivity index (χ3v) is 8.39. The fourth-order valence-electron chi connectivity index (χ4n) is 6.01. The van der Waals surface area contributed by atoms with Crippen LogP contribution in [-0.4, -0.2) is 9.78 Å². The highest BCUT2D eigenvalue weighted by atomic mass is 15.4. The summed E-state index contributed by atoms with van der Waals surface area (Å²) in [5.74, 6) is 1.98. The Hall–Kier alpha value is -3.71. The Morgan fingerprint density at radius 2 is 1.51 bits per heavy atom. The molecule has 0 aliphatic rings. The molecule has 4 heteroatoms. The van der Waals surface area contributed by atoms with Crippen molar-refractivity contribution in [3.05, 3.63) is 88.5 Å². The van der Waals surface area contributed by atoms with Gasteiger partial charge in [-0.25, -0.2) is 0 Å². The third-order valence-electron chi connectivity index (χ3n) is 8.39. The average molecular weight is 520 g/mol. The maximum absolute atomic E-state index is 9.64. The molecule has 0 radical (unpaired) electrons. The second kappa shape index (κ2) is 12.0. The van der Waals surface area contributed by atoms with Crippen LogP contribution in [0.2, 0.25) is 0 Å². The van der Waals surface area contributed by atoms with Crippen molar-refractivity contribution in [3.8, 4) is 34.5 Å². The van der Waals surface area contributed by atoms with E-state index >= 15 is 0 Å². The molecule has 1 heterocycles. The van der Waals surface area contributed by atoms with Crippen LogP contribution in [0.15, 0.2) is 60.7 Å². The highest BCUT2D eigenvalue weighted by Gasteiger charge is 2.35. The smallest absolute Gasteiger partial charge is 0.192 e. The quantitative estimate of drug-likeness (QED) is 0.156. The predicted octanol–water partition coefficient (Wildman–Crippen LogP) is 8.47. The second-order valence-electron chi connectivity index (χ2n) is 11.3. The molecule has 1 unspecified atom stereocenters. The number of nitriles is 1. The summed E-state index contributed by atoms with van der Waals surface area (Å²) in [6, 6.07) is 23.7. The number of aromatic nitrogens is 3. The number of aryl methyl sites for hydroxylation is 4. The molecule has 0 bridgehead atoms. The van der Waals surface area contributed by atoms with Crippen molar-refractivity contribution in [2.75, 3.05) is 0 Å². The van der Waals surface area contributed by atoms with Gasteiger partial charge in [0, 0.05) is 5.10 Å². The monoisotopic (exact) mass is 519 g/mol. The first-order valence-electron chi connectivity index (χ1n) is 14.4. The van der Waals surface area contributed by atoms with Crippen LogP contribution in [-0.2, 0) is 12.5 Å². The molecule has 0 amide bonds. The number of unbranched alkanes of at least 4 members (excludes halogenated alkanes) is 3. The van der Waals surface area contributed by atoms with Crippen molar-refractivity contribution in [2.24, 2.45) is 7.05 Å². The van der Waals surface area contributed by atoms with E-state index in [4.69, 9.17) is 5.10 Å². The van der Waals surface area contributed by atoms with Crippen molar-refractivity contribution >= 4 is 0 Å². The molecule has 0 aliphatic heterocycles. The summed E-state index contributed by atoms with van der Waals surface area (Å²) in [4.78, 5) is 0. The molecule has 4 nitrogen and oxygen atoms in total. The van der Waals surface area contributed by atoms with Crippen LogP contribution in [0.3, 0.4) is 0 Å². The number of hydrogen-bond donors (Lipinski definition) is 0. The molecule has 0 N–H and O–H groups in total. The second-order valence-corrected chi connectivity index (χ2v) is 11.3. The molecule has 0 fully saturated rings. The van der Waals surface area contributed by atoms with Gasteiger partial charge < -0.3 is 0 Å². The van der Waals surface area contributed by atoms with Crippen molar-refractivity contribution in [1.29, 1.82) is 5.26 Å². The van der Waals surface area contributed by atoms with Crippen molar-refractivity contribution < 1.29 is 4.57 Å². The van der Waals surface area contributed by atoms with Crippen molar-refractivity contribution in [1.82, 2.24) is 9.78 Å². The van der Waals surface area contributed by atoms with Gasteiger partial charge in [0.15, 0.2) is 0 Å². The van der Waals surface area contributed by atoms with Crippen LogP contribution >= 0.6 is 0 Å². The molecule has 0 spiro atoms. The Kier molecular flexibility index (Phi) is 8.70. The summed E-state index contributed by atoms with van der Waals surface area (Å²) < 4.78 is 4.38. The first-order chi connectivity index (χ1) is 18.8. The molecule has 4 aromatic rings. The summed E-state index contributed by atoms with van der Waals surface area (Å²) in [6.45, 7) is 13.4. The Bertz CT molecular complexity index is 1480. The first kappa shape index (κ1) is 28.3. The lowest BCUT2D eigenvalue weighted by molar-refractivity contribution is -0.573. The minimum absolute atomic E-state index is 0.0595. The molecule has 4 rings (SSSR count). The van der Waals surface area contributed by atoms with Gasteiger partial charge >= 0.3 is 5.82 Å². The lowest BCUT2D eigenvalue weighted by atomic mass is 9.74. The third kappa shape index (κ3) is 5.55. The Morgan fingerprint density at radius 3 is 2.13 bits per heavy atom. The van der Waals surface area contributed by atoms with E-state index in [0.717, 1.165) is 46.9 Å². The molecule has 0 saturated carbocycles. The van der Waals surface area contributed by atoms with Gasteiger partial charge in [-0.1, -0.05) is 82.9 Å². The van der Waals surface area contributed by atoms with E-state index in [0.29, 0.717) is 5.56 Å². The topological polar surface area (TPSA) is 45.5 Å². The highest BCUT2D eigenvalue weighted by molar-refractivity contribution is 5.65. The van der Waals surface area contributed by atoms with E-state index < -0.39 is 0 Å². The molecule has 39 heavy (non-hydrogen) atoms. The highest BCUT2D eigenvalue weighted by Crippen LogP contribution is 2.39. The number of benzene rings is 3. The molecule has 1 atom stereocenters. The van der Waals surface area contributed by atoms with Gasteiger partial charge in [-0.05, 0) is 85.5 Å². The van der Waals surface area contributed by atoms with Gasteiger partial charge in [-0.3, -0.25) is 0 Å². The standard InChI is InChI=1S/C35H43N4/c1-8-10-11-16-21-35(6,9-2)31-20-15-14-19-30(31)34-38(7)37-33(29-18-13-12-17-25(29)3)39(34)32-26(4)22-28(24-36)23-27(32)5/h12-15,17-20,22-23H,8-11,16,21H2,1-7H3/q+1. The van der Waals surface area contributed by atoms with E-state index in [1.807, 2.05) is 16.8 Å². The van der Waals surface area contributed by atoms with Crippen LogP contribution in [0, 0.1) is 32.1 Å². The Labute approximate surface area is 235 Å². The minimum atomic E-state index is 0.0595. The molecule has 1 aromatic heterocycles. The summed E-state index contributed by atoms with van der Waals surface area (Å²) in [7, 11) is 2.06. The number of hydrogen-bond acceptors (Lipinski definition) is 2. The molecule has 0 aliphatic carbocycles. The van der Waals surface area contributed by atoms with Gasteiger partial charge in [0.05, 0.1) is 29.8 Å². The summed E-state index contributed by atoms with van der Waals surface area (Å²) >= 11 is 0. The summed E-state index contributed by atoms with van der Waals surface area (Å²) in [5.41, 5.74) is 8.85. The predicted molar refractivity (Wildman–Crippen MR) is 161 cm³/mol. The van der Waals surface area contributed by atoms with Crippen LogP contribution in [0.1, 0.15) is 87.1 Å². The fourth-order valence-corrected chi connectivity index (χ4v) is 6.01. The summed E-state index contributed by atoms with van der Waals surface area (Å²) in [5, 5.41) is 14.8. The maximum Gasteiger partial charge on any atom is 0.314 e. The molecular weight excluding hydrogens is 476 g/mol. The van der Waals surface area contributed by atoms with E-state index in [2.05, 4.69) is 108 Å². The van der Waals surface area contributed by atoms with Crippen LogP contribution in [0.25, 0.3) is 28.5 Å². The zero-order valence-electron chi connectivity index (χ0n) is 24.8. The molecular formula is C35H43N4+. The fraction of sp³-hybridized carbons (Fsp3) is 0.400. The number of rotatable bonds is 10. The lowest BCUT2D eigenvalue weighted by Gasteiger charge is -2.31. The average Bonchev–Trinajstić information content (AvgIpc) is 3.26. The van der Waals surface area contributed by atoms with Crippen LogP contribution < -0.4 is 4.57 Å². The van der Waals surface area contributed by atoms with E-state index in [9.17, 15) is 5.26 Å². The summed E-state index contributed by atoms with van der Waals surface area (Å²) in [6.07, 6.45) is 7.30. The van der Waals surface area contributed by atoms with E-state index in [-0.39, 0.29) is 5.41 Å². The molecule has 0 saturated heterocycles. The maximum atomic E-state index is 9.64. The van der Waals surface area contributed by atoms with Gasteiger partial charge in [-0.15, -0.1) is 4.68 Å². The normalized spacial score (nSPS) is 12.8. The molecule has 202 valence electrons. The zero-order chi connectivity index (χ0) is 28.2. The van der Waals surface area contributed by atoms with Gasteiger partial charge in [-0.2, -0.15) is 9.83 Å². The van der Waals surface area contributed by atoms with E-state index in [1.165, 1.54) is 42.4 Å². The Morgan fingerprint density at radius 1 is 0.872 bits per heavy atom. The van der Waals surface area contributed by atoms with Crippen molar-refractivity contribution in [2.45, 2.75) is 85.5 Å². The first-order valence-corrected chi connectivity index (χ1v) is 14.4. The van der Waals surface area contributed by atoms with Crippen molar-refractivity contribution in [3.63, 3.8) is 0 Å². The van der Waals surface area contributed by atoms with Gasteiger partial charge in [0.25, 0.3) is 5.82 Å². The Balaban J connectivity index is 2.03. The van der Waals surface area contributed by atoms with E-state index in [1.54, 1.807) is 0 Å². The zero-order valence-corrected chi connectivity index (χ0v) is 24.8. The van der Waals surface area contributed by atoms with Gasteiger partial charge in [0.2, 0.25) is 0 Å². The minimum Gasteiger partial charge on any atom is -0.192 e. The van der Waals surface area contributed by atoms with Gasteiger partial charge in [0.1, 0.15) is 5.69 Å². The van der Waals surface area contributed by atoms with Crippen LogP contribution in [0.4, 0.5) is 0 Å². The number of nitrogens with zero attached hydrogens (tertiary/aromatic N) is 4. The lowest BCUT2D eigenvalue weighted by Crippen LogP contribution is -2.37. The largest absolute Gasteiger partial charge is 0.314 e. The SMILES string of the molecule is CCCCCCC(C)(CC)c1ccccc1-c1n(C)nc(-c2ccccc2C)[n+]1-c1c(C)cc(C#N)cc1C.